The average molecular weight is 601 g/mol. The summed E-state index contributed by atoms with van der Waals surface area (Å²) >= 11 is 1.73. The van der Waals surface area contributed by atoms with Crippen LogP contribution in [0.3, 0.4) is 0 Å². The second kappa shape index (κ2) is 13.9. The summed E-state index contributed by atoms with van der Waals surface area (Å²) in [7, 11) is -3.76. The molecular formula is C33H52O4SSi2. The van der Waals surface area contributed by atoms with Crippen LogP contribution < -0.4 is 0 Å². The number of thiophene rings is 1. The monoisotopic (exact) mass is 600 g/mol. The molecule has 222 valence electrons. The van der Waals surface area contributed by atoms with Crippen molar-refractivity contribution in [2.45, 2.75) is 117 Å². The molecule has 1 aromatic heterocycles. The SMILES string of the molecule is CC/C(=C/C=C/C(=O)O)c1cc(CCc2ccc(CO[Si](C)(C)C(C)(C)C)c(CO[Si](C)(C)C(C)(C)C)c2)cs1. The van der Waals surface area contributed by atoms with E-state index >= 15 is 0 Å². The van der Waals surface area contributed by atoms with Gasteiger partial charge in [-0.2, -0.15) is 0 Å². The third-order valence-corrected chi connectivity index (χ3v) is 18.7. The highest BCUT2D eigenvalue weighted by Gasteiger charge is 2.38. The zero-order valence-corrected chi connectivity index (χ0v) is 29.6. The van der Waals surface area contributed by atoms with Crippen LogP contribution in [0.1, 0.15) is 82.0 Å². The van der Waals surface area contributed by atoms with Gasteiger partial charge in [0.1, 0.15) is 0 Å². The van der Waals surface area contributed by atoms with Crippen molar-refractivity contribution in [1.82, 2.24) is 0 Å². The molecule has 0 unspecified atom stereocenters. The van der Waals surface area contributed by atoms with Crippen molar-refractivity contribution in [3.63, 3.8) is 0 Å². The molecule has 0 aliphatic rings. The van der Waals surface area contributed by atoms with E-state index in [4.69, 9.17) is 14.0 Å². The topological polar surface area (TPSA) is 55.8 Å². The molecule has 0 aliphatic carbocycles. The van der Waals surface area contributed by atoms with E-state index < -0.39 is 22.6 Å². The van der Waals surface area contributed by atoms with E-state index in [2.05, 4.69) is 104 Å². The first-order chi connectivity index (χ1) is 18.4. The predicted molar refractivity (Wildman–Crippen MR) is 177 cm³/mol. The Labute approximate surface area is 249 Å². The van der Waals surface area contributed by atoms with Gasteiger partial charge in [-0.1, -0.05) is 78.8 Å². The van der Waals surface area contributed by atoms with Crippen LogP contribution in [-0.2, 0) is 39.7 Å². The van der Waals surface area contributed by atoms with Crippen molar-refractivity contribution in [2.24, 2.45) is 0 Å². The predicted octanol–water partition coefficient (Wildman–Crippen LogP) is 10.0. The van der Waals surface area contributed by atoms with E-state index in [1.165, 1.54) is 33.2 Å². The molecule has 0 fully saturated rings. The Bertz CT molecular complexity index is 1190. The molecule has 1 N–H and O–H groups in total. The highest BCUT2D eigenvalue weighted by Crippen LogP contribution is 2.39. The third-order valence-electron chi connectivity index (χ3n) is 8.65. The molecule has 0 aliphatic heterocycles. The Morgan fingerprint density at radius 1 is 0.875 bits per heavy atom. The summed E-state index contributed by atoms with van der Waals surface area (Å²) in [5, 5.41) is 11.4. The number of carboxylic acid groups (broad SMARTS) is 1. The summed E-state index contributed by atoms with van der Waals surface area (Å²) < 4.78 is 13.3. The van der Waals surface area contributed by atoms with Crippen LogP contribution in [-0.4, -0.2) is 27.7 Å². The minimum Gasteiger partial charge on any atom is -0.478 e. The normalized spacial score (nSPS) is 13.8. The maximum absolute atomic E-state index is 10.8. The molecule has 2 aromatic rings. The van der Waals surface area contributed by atoms with Crippen molar-refractivity contribution in [3.8, 4) is 0 Å². The van der Waals surface area contributed by atoms with Crippen LogP contribution in [0.4, 0.5) is 0 Å². The van der Waals surface area contributed by atoms with Gasteiger partial charge in [-0.3, -0.25) is 0 Å². The van der Waals surface area contributed by atoms with Crippen molar-refractivity contribution in [2.75, 3.05) is 0 Å². The molecule has 1 heterocycles. The van der Waals surface area contributed by atoms with E-state index in [9.17, 15) is 4.79 Å². The molecule has 1 aromatic carbocycles. The van der Waals surface area contributed by atoms with E-state index in [1.54, 1.807) is 17.4 Å². The molecule has 0 atom stereocenters. The van der Waals surface area contributed by atoms with Gasteiger partial charge in [0.2, 0.25) is 0 Å². The first-order valence-electron chi connectivity index (χ1n) is 14.4. The van der Waals surface area contributed by atoms with Crippen LogP contribution in [0.5, 0.6) is 0 Å². The maximum atomic E-state index is 10.8. The van der Waals surface area contributed by atoms with E-state index in [1.807, 2.05) is 6.08 Å². The van der Waals surface area contributed by atoms with Crippen molar-refractivity contribution < 1.29 is 18.8 Å². The van der Waals surface area contributed by atoms with Gasteiger partial charge in [0.15, 0.2) is 16.6 Å². The van der Waals surface area contributed by atoms with Crippen LogP contribution in [0.2, 0.25) is 36.3 Å². The molecule has 0 saturated carbocycles. The quantitative estimate of drug-likeness (QED) is 0.141. The summed E-state index contributed by atoms with van der Waals surface area (Å²) in [5.74, 6) is -0.926. The number of hydrogen-bond donors (Lipinski definition) is 1. The minimum absolute atomic E-state index is 0.161. The lowest BCUT2D eigenvalue weighted by molar-refractivity contribution is -0.131. The fourth-order valence-electron chi connectivity index (χ4n) is 3.64. The lowest BCUT2D eigenvalue weighted by atomic mass is 10.00. The Morgan fingerprint density at radius 3 is 1.95 bits per heavy atom. The minimum atomic E-state index is -1.89. The van der Waals surface area contributed by atoms with Gasteiger partial charge in [-0.15, -0.1) is 11.3 Å². The van der Waals surface area contributed by atoms with Crippen LogP contribution in [0, 0.1) is 0 Å². The lowest BCUT2D eigenvalue weighted by Gasteiger charge is -2.37. The van der Waals surface area contributed by atoms with E-state index in [-0.39, 0.29) is 10.1 Å². The first-order valence-corrected chi connectivity index (χ1v) is 21.1. The zero-order valence-electron chi connectivity index (χ0n) is 26.7. The summed E-state index contributed by atoms with van der Waals surface area (Å²) in [6, 6.07) is 9.08. The summed E-state index contributed by atoms with van der Waals surface area (Å²) in [6.07, 6.45) is 7.47. The van der Waals surface area contributed by atoms with Gasteiger partial charge in [-0.05, 0) is 94.8 Å². The van der Waals surface area contributed by atoms with Crippen molar-refractivity contribution in [1.29, 1.82) is 0 Å². The number of rotatable bonds is 13. The van der Waals surface area contributed by atoms with E-state index in [0.29, 0.717) is 13.2 Å². The summed E-state index contributed by atoms with van der Waals surface area (Å²) in [6.45, 7) is 26.3. The Morgan fingerprint density at radius 2 is 1.43 bits per heavy atom. The Kier molecular flexibility index (Phi) is 12.0. The standard InChI is InChI=1S/C33H52O4SSi2/c1-12-27(14-13-15-31(34)35)30-21-26(24-38-30)17-16-25-18-19-28(22-36-39(8,9)32(2,3)4)29(20-25)23-37-40(10,11)33(5,6)7/h13-15,18-21,24H,12,16-17,22-23H2,1-11H3,(H,34,35)/b15-13+,27-14-. The van der Waals surface area contributed by atoms with Crippen LogP contribution >= 0.6 is 11.3 Å². The lowest BCUT2D eigenvalue weighted by Crippen LogP contribution is -2.41. The summed E-state index contributed by atoms with van der Waals surface area (Å²) in [4.78, 5) is 12.0. The van der Waals surface area contributed by atoms with Gasteiger partial charge in [0, 0.05) is 11.0 Å². The van der Waals surface area contributed by atoms with Gasteiger partial charge in [0.25, 0.3) is 0 Å². The van der Waals surface area contributed by atoms with Crippen molar-refractivity contribution >= 4 is 39.5 Å². The van der Waals surface area contributed by atoms with Crippen molar-refractivity contribution in [3.05, 3.63) is 75.0 Å². The number of carboxylic acids is 1. The maximum Gasteiger partial charge on any atom is 0.328 e. The average Bonchev–Trinajstić information content (AvgIpc) is 3.30. The van der Waals surface area contributed by atoms with E-state index in [0.717, 1.165) is 24.8 Å². The second-order valence-electron chi connectivity index (χ2n) is 13.8. The fraction of sp³-hybridized carbons (Fsp3) is 0.545. The molecule has 0 amide bonds. The number of aryl methyl sites for hydroxylation is 2. The van der Waals surface area contributed by atoms with Gasteiger partial charge in [-0.25, -0.2) is 4.79 Å². The zero-order chi connectivity index (χ0) is 30.4. The number of allylic oxidation sites excluding steroid dienone is 3. The molecule has 0 bridgehead atoms. The molecule has 0 radical (unpaired) electrons. The molecule has 0 spiro atoms. The molecule has 0 saturated heterocycles. The molecule has 7 heteroatoms. The third kappa shape index (κ3) is 9.95. The van der Waals surface area contributed by atoms with Crippen LogP contribution in [0.15, 0.2) is 47.9 Å². The highest BCUT2D eigenvalue weighted by atomic mass is 32.1. The molecular weight excluding hydrogens is 549 g/mol. The second-order valence-corrected chi connectivity index (χ2v) is 24.3. The molecule has 40 heavy (non-hydrogen) atoms. The number of carbonyl (C=O) groups is 1. The van der Waals surface area contributed by atoms with Gasteiger partial charge in [0.05, 0.1) is 13.2 Å². The fourth-order valence-corrected chi connectivity index (χ4v) is 6.59. The smallest absolute Gasteiger partial charge is 0.328 e. The molecule has 4 nitrogen and oxygen atoms in total. The Hall–Kier alpha value is -1.78. The van der Waals surface area contributed by atoms with Gasteiger partial charge >= 0.3 is 5.97 Å². The largest absolute Gasteiger partial charge is 0.478 e. The number of aliphatic carboxylic acids is 1. The Balaban J connectivity index is 2.23. The summed E-state index contributed by atoms with van der Waals surface area (Å²) in [5.41, 5.74) is 6.26. The number of hydrogen-bond acceptors (Lipinski definition) is 4. The van der Waals surface area contributed by atoms with Gasteiger partial charge < -0.3 is 14.0 Å². The number of benzene rings is 1. The first kappa shape index (κ1) is 34.4. The highest BCUT2D eigenvalue weighted by molar-refractivity contribution is 7.11. The molecule has 2 rings (SSSR count). The van der Waals surface area contributed by atoms with Crippen LogP contribution in [0.25, 0.3) is 5.57 Å².